The standard InChI is InChI=1S/C20H27N5O2/c1-13-10-16-17(11-14(13)2)25(9-8-22-15-6-4-5-7-15)19(23-12-26)18(24-16)20(27)21-3/h10-12,15,22H,4-9H2,1-3H3,(H,21,27). The van der Waals surface area contributed by atoms with E-state index in [0.29, 0.717) is 24.5 Å². The molecule has 1 aromatic carbocycles. The summed E-state index contributed by atoms with van der Waals surface area (Å²) in [6.45, 7) is 5.41. The maximum atomic E-state index is 12.4. The molecule has 2 aromatic rings. The van der Waals surface area contributed by atoms with Gasteiger partial charge in [0.15, 0.2) is 11.2 Å². The van der Waals surface area contributed by atoms with Crippen LogP contribution in [0.15, 0.2) is 17.1 Å². The van der Waals surface area contributed by atoms with E-state index in [4.69, 9.17) is 0 Å². The van der Waals surface area contributed by atoms with Gasteiger partial charge in [0.25, 0.3) is 5.91 Å². The van der Waals surface area contributed by atoms with Crippen molar-refractivity contribution in [2.24, 2.45) is 4.99 Å². The van der Waals surface area contributed by atoms with Gasteiger partial charge in [0.05, 0.1) is 11.0 Å². The number of nitrogens with zero attached hydrogens (tertiary/aromatic N) is 3. The van der Waals surface area contributed by atoms with Gasteiger partial charge in [-0.15, -0.1) is 0 Å². The largest absolute Gasteiger partial charge is 0.354 e. The minimum atomic E-state index is -0.353. The summed E-state index contributed by atoms with van der Waals surface area (Å²) in [4.78, 5) is 32.0. The highest BCUT2D eigenvalue weighted by Crippen LogP contribution is 2.19. The minimum Gasteiger partial charge on any atom is -0.354 e. The number of aryl methyl sites for hydroxylation is 2. The Kier molecular flexibility index (Phi) is 6.01. The fourth-order valence-corrected chi connectivity index (χ4v) is 3.69. The Bertz CT molecular complexity index is 926. The van der Waals surface area contributed by atoms with Crippen LogP contribution in [0, 0.1) is 13.8 Å². The summed E-state index contributed by atoms with van der Waals surface area (Å²) in [5, 5.41) is 6.17. The summed E-state index contributed by atoms with van der Waals surface area (Å²) in [5.74, 6) is -0.353. The van der Waals surface area contributed by atoms with Crippen LogP contribution in [0.5, 0.6) is 0 Å². The molecule has 7 heteroatoms. The molecule has 0 bridgehead atoms. The molecule has 1 aromatic heterocycles. The molecular formula is C20H27N5O2. The van der Waals surface area contributed by atoms with Crippen LogP contribution in [0.3, 0.4) is 0 Å². The minimum absolute atomic E-state index is 0.168. The molecule has 2 N–H and O–H groups in total. The van der Waals surface area contributed by atoms with Gasteiger partial charge in [-0.2, -0.15) is 4.99 Å². The van der Waals surface area contributed by atoms with Crippen LogP contribution in [0.25, 0.3) is 11.0 Å². The zero-order valence-corrected chi connectivity index (χ0v) is 16.2. The van der Waals surface area contributed by atoms with Crippen LogP contribution in [0.4, 0.5) is 0 Å². The van der Waals surface area contributed by atoms with Crippen molar-refractivity contribution in [1.82, 2.24) is 20.2 Å². The first kappa shape index (κ1) is 19.2. The smallest absolute Gasteiger partial charge is 0.273 e. The van der Waals surface area contributed by atoms with Gasteiger partial charge >= 0.3 is 0 Å². The van der Waals surface area contributed by atoms with E-state index >= 15 is 0 Å². The third kappa shape index (κ3) is 4.08. The van der Waals surface area contributed by atoms with Crippen LogP contribution in [0.2, 0.25) is 0 Å². The molecule has 144 valence electrons. The molecule has 0 saturated heterocycles. The fourth-order valence-electron chi connectivity index (χ4n) is 3.69. The second kappa shape index (κ2) is 8.43. The van der Waals surface area contributed by atoms with Crippen molar-refractivity contribution in [3.63, 3.8) is 0 Å². The summed E-state index contributed by atoms with van der Waals surface area (Å²) < 4.78 is 1.93. The summed E-state index contributed by atoms with van der Waals surface area (Å²) in [5.41, 5.74) is 4.30. The van der Waals surface area contributed by atoms with E-state index in [1.54, 1.807) is 7.05 Å². The predicted octanol–water partition coefficient (Wildman–Crippen LogP) is 1.60. The van der Waals surface area contributed by atoms with Crippen molar-refractivity contribution in [2.75, 3.05) is 13.6 Å². The first-order valence-electron chi connectivity index (χ1n) is 9.50. The molecule has 0 radical (unpaired) electrons. The highest BCUT2D eigenvalue weighted by molar-refractivity contribution is 5.93. The lowest BCUT2D eigenvalue weighted by Gasteiger charge is -2.17. The highest BCUT2D eigenvalue weighted by atomic mass is 16.2. The maximum Gasteiger partial charge on any atom is 0.273 e. The van der Waals surface area contributed by atoms with Crippen LogP contribution in [-0.2, 0) is 11.3 Å². The first-order valence-corrected chi connectivity index (χ1v) is 9.50. The van der Waals surface area contributed by atoms with Crippen LogP contribution in [-0.4, -0.2) is 41.5 Å². The Morgan fingerprint density at radius 3 is 2.67 bits per heavy atom. The number of carbonyl (C=O) groups excluding carboxylic acids is 2. The summed E-state index contributed by atoms with van der Waals surface area (Å²) >= 11 is 0. The SMILES string of the molecule is CNC(=O)c1nc2cc(C)c(C)cc2n(CCNC2CCCC2)c1=NC=O. The molecule has 0 aliphatic heterocycles. The lowest BCUT2D eigenvalue weighted by Crippen LogP contribution is -2.37. The van der Waals surface area contributed by atoms with Crippen LogP contribution >= 0.6 is 0 Å². The van der Waals surface area contributed by atoms with E-state index in [9.17, 15) is 9.59 Å². The summed E-state index contributed by atoms with van der Waals surface area (Å²) in [7, 11) is 1.55. The quantitative estimate of drug-likeness (QED) is 0.757. The lowest BCUT2D eigenvalue weighted by atomic mass is 10.1. The monoisotopic (exact) mass is 369 g/mol. The van der Waals surface area contributed by atoms with Gasteiger partial charge < -0.3 is 15.2 Å². The molecule has 2 amide bonds. The van der Waals surface area contributed by atoms with Gasteiger partial charge in [-0.1, -0.05) is 12.8 Å². The van der Waals surface area contributed by atoms with Gasteiger partial charge in [-0.3, -0.25) is 9.59 Å². The van der Waals surface area contributed by atoms with Crippen molar-refractivity contribution in [2.45, 2.75) is 52.1 Å². The zero-order valence-electron chi connectivity index (χ0n) is 16.2. The zero-order chi connectivity index (χ0) is 19.4. The predicted molar refractivity (Wildman–Crippen MR) is 104 cm³/mol. The Morgan fingerprint density at radius 1 is 1.30 bits per heavy atom. The van der Waals surface area contributed by atoms with Gasteiger partial charge in [0.1, 0.15) is 0 Å². The number of hydrogen-bond donors (Lipinski definition) is 2. The Morgan fingerprint density at radius 2 is 2.00 bits per heavy atom. The lowest BCUT2D eigenvalue weighted by molar-refractivity contribution is -0.107. The topological polar surface area (TPSA) is 88.4 Å². The van der Waals surface area contributed by atoms with Crippen molar-refractivity contribution in [1.29, 1.82) is 0 Å². The molecule has 3 rings (SSSR count). The van der Waals surface area contributed by atoms with E-state index in [1.807, 2.05) is 30.5 Å². The average molecular weight is 369 g/mol. The van der Waals surface area contributed by atoms with Gasteiger partial charge in [0, 0.05) is 26.2 Å². The van der Waals surface area contributed by atoms with E-state index in [0.717, 1.165) is 28.7 Å². The molecule has 0 spiro atoms. The van der Waals surface area contributed by atoms with E-state index in [2.05, 4.69) is 20.6 Å². The molecule has 0 unspecified atom stereocenters. The van der Waals surface area contributed by atoms with E-state index in [-0.39, 0.29) is 11.6 Å². The second-order valence-electron chi connectivity index (χ2n) is 7.11. The van der Waals surface area contributed by atoms with E-state index < -0.39 is 0 Å². The Labute approximate surface area is 158 Å². The van der Waals surface area contributed by atoms with Gasteiger partial charge in [0.2, 0.25) is 6.41 Å². The number of carbonyl (C=O) groups is 2. The molecule has 1 saturated carbocycles. The number of hydrogen-bond acceptors (Lipinski definition) is 4. The molecule has 1 aliphatic rings. The van der Waals surface area contributed by atoms with Gasteiger partial charge in [-0.25, -0.2) is 4.98 Å². The first-order chi connectivity index (χ1) is 13.0. The fraction of sp³-hybridized carbons (Fsp3) is 0.500. The normalized spacial score (nSPS) is 15.4. The molecule has 1 heterocycles. The van der Waals surface area contributed by atoms with E-state index in [1.165, 1.54) is 25.7 Å². The average Bonchev–Trinajstić information content (AvgIpc) is 3.17. The van der Waals surface area contributed by atoms with Crippen molar-refractivity contribution in [3.8, 4) is 0 Å². The molecule has 7 nitrogen and oxygen atoms in total. The number of benzene rings is 1. The number of nitrogens with one attached hydrogen (secondary N) is 2. The number of amides is 2. The van der Waals surface area contributed by atoms with Crippen molar-refractivity contribution < 1.29 is 9.59 Å². The molecule has 1 fully saturated rings. The molecule has 27 heavy (non-hydrogen) atoms. The third-order valence-corrected chi connectivity index (χ3v) is 5.32. The molecule has 0 atom stereocenters. The maximum absolute atomic E-state index is 12.4. The summed E-state index contributed by atoms with van der Waals surface area (Å²) in [6.07, 6.45) is 5.42. The third-order valence-electron chi connectivity index (χ3n) is 5.32. The molecular weight excluding hydrogens is 342 g/mol. The highest BCUT2D eigenvalue weighted by Gasteiger charge is 2.17. The van der Waals surface area contributed by atoms with Crippen molar-refractivity contribution in [3.05, 3.63) is 34.4 Å². The van der Waals surface area contributed by atoms with Gasteiger partial charge in [-0.05, 0) is 49.9 Å². The molecule has 1 aliphatic carbocycles. The number of rotatable bonds is 6. The summed E-state index contributed by atoms with van der Waals surface area (Å²) in [6, 6.07) is 4.57. The number of aromatic nitrogens is 2. The Hall–Kier alpha value is -2.54. The van der Waals surface area contributed by atoms with Crippen LogP contribution < -0.4 is 16.1 Å². The number of fused-ring (bicyclic) bond motifs is 1. The van der Waals surface area contributed by atoms with Crippen LogP contribution in [0.1, 0.15) is 47.3 Å². The Balaban J connectivity index is 2.11. The second-order valence-corrected chi connectivity index (χ2v) is 7.11. The van der Waals surface area contributed by atoms with Crippen molar-refractivity contribution >= 4 is 23.4 Å².